The first-order valence-corrected chi connectivity index (χ1v) is 5.77. The van der Waals surface area contributed by atoms with Gasteiger partial charge in [0.05, 0.1) is 24.9 Å². The van der Waals surface area contributed by atoms with Crippen molar-refractivity contribution in [2.24, 2.45) is 5.92 Å². The molecule has 0 aromatic heterocycles. The second-order valence-electron chi connectivity index (χ2n) is 4.23. The number of hydrogen-bond donors (Lipinski definition) is 3. The number of aliphatic hydroxyl groups excluding tert-OH is 3. The van der Waals surface area contributed by atoms with Gasteiger partial charge in [-0.15, -0.1) is 0 Å². The highest BCUT2D eigenvalue weighted by Gasteiger charge is 2.42. The maximum atomic E-state index is 10.0. The summed E-state index contributed by atoms with van der Waals surface area (Å²) in [7, 11) is 1.58. The van der Waals surface area contributed by atoms with Gasteiger partial charge in [-0.05, 0) is 12.8 Å². The Kier molecular flexibility index (Phi) is 5.64. The van der Waals surface area contributed by atoms with Crippen molar-refractivity contribution < 1.29 is 24.8 Å². The number of hydrogen-bond acceptors (Lipinski definition) is 5. The van der Waals surface area contributed by atoms with Crippen molar-refractivity contribution in [2.75, 3.05) is 20.3 Å². The Morgan fingerprint density at radius 3 is 2.31 bits per heavy atom. The molecule has 0 spiro atoms. The van der Waals surface area contributed by atoms with Crippen molar-refractivity contribution in [3.8, 4) is 0 Å². The molecular formula is C11H22O5. The van der Waals surface area contributed by atoms with E-state index in [1.54, 1.807) is 7.11 Å². The van der Waals surface area contributed by atoms with E-state index in [4.69, 9.17) is 14.6 Å². The molecule has 0 aromatic rings. The third kappa shape index (κ3) is 2.93. The molecule has 1 aliphatic heterocycles. The van der Waals surface area contributed by atoms with Crippen molar-refractivity contribution in [3.05, 3.63) is 0 Å². The van der Waals surface area contributed by atoms with Crippen LogP contribution < -0.4 is 0 Å². The Labute approximate surface area is 96.0 Å². The van der Waals surface area contributed by atoms with E-state index in [2.05, 4.69) is 0 Å². The van der Waals surface area contributed by atoms with Crippen LogP contribution in [0.4, 0.5) is 0 Å². The molecule has 96 valence electrons. The molecule has 0 aliphatic carbocycles. The lowest BCUT2D eigenvalue weighted by molar-refractivity contribution is -0.211. The molecule has 0 amide bonds. The summed E-state index contributed by atoms with van der Waals surface area (Å²) in [4.78, 5) is 0. The van der Waals surface area contributed by atoms with Gasteiger partial charge in [-0.3, -0.25) is 0 Å². The maximum absolute atomic E-state index is 10.0. The predicted molar refractivity (Wildman–Crippen MR) is 58.0 cm³/mol. The first kappa shape index (κ1) is 13.9. The Morgan fingerprint density at radius 2 is 1.81 bits per heavy atom. The normalized spacial score (nSPS) is 39.9. The smallest absolute Gasteiger partial charge is 0.107 e. The van der Waals surface area contributed by atoms with E-state index in [1.165, 1.54) is 0 Å². The number of rotatable bonds is 5. The summed E-state index contributed by atoms with van der Waals surface area (Å²) >= 11 is 0. The average Bonchev–Trinajstić information content (AvgIpc) is 2.29. The van der Waals surface area contributed by atoms with Gasteiger partial charge in [-0.2, -0.15) is 0 Å². The fraction of sp³-hybridized carbons (Fsp3) is 1.00. The van der Waals surface area contributed by atoms with Gasteiger partial charge >= 0.3 is 0 Å². The molecule has 0 saturated carbocycles. The number of aliphatic hydroxyl groups is 3. The Hall–Kier alpha value is -0.200. The highest BCUT2D eigenvalue weighted by atomic mass is 16.5. The van der Waals surface area contributed by atoms with E-state index in [0.717, 1.165) is 0 Å². The zero-order valence-electron chi connectivity index (χ0n) is 9.87. The van der Waals surface area contributed by atoms with Crippen LogP contribution in [0.2, 0.25) is 0 Å². The van der Waals surface area contributed by atoms with E-state index in [-0.39, 0.29) is 18.6 Å². The quantitative estimate of drug-likeness (QED) is 0.599. The minimum absolute atomic E-state index is 0.228. The molecule has 1 rings (SSSR count). The summed E-state index contributed by atoms with van der Waals surface area (Å²) in [5, 5.41) is 29.1. The predicted octanol–water partition coefficient (Wildman–Crippen LogP) is -0.469. The first-order valence-electron chi connectivity index (χ1n) is 5.77. The van der Waals surface area contributed by atoms with Crippen LogP contribution in [-0.2, 0) is 9.47 Å². The monoisotopic (exact) mass is 234 g/mol. The summed E-state index contributed by atoms with van der Waals surface area (Å²) in [6.07, 6.45) is -1.23. The second kappa shape index (κ2) is 6.51. The Morgan fingerprint density at radius 1 is 1.19 bits per heavy atom. The molecule has 3 unspecified atom stereocenters. The molecule has 1 heterocycles. The molecule has 5 atom stereocenters. The van der Waals surface area contributed by atoms with Crippen LogP contribution in [-0.4, -0.2) is 60.1 Å². The molecule has 16 heavy (non-hydrogen) atoms. The zero-order valence-corrected chi connectivity index (χ0v) is 9.87. The third-order valence-corrected chi connectivity index (χ3v) is 3.23. The lowest BCUT2D eigenvalue weighted by Crippen LogP contribution is -2.55. The third-order valence-electron chi connectivity index (χ3n) is 3.23. The standard InChI is InChI=1S/C11H22O5/c1-3-8-10(13)7(4-5-15-2)11(14)9(6-12)16-8/h7-14H,3-6H2,1-2H3/t7?,8-,9?,10?,11-/m0/s1. The summed E-state index contributed by atoms with van der Waals surface area (Å²) in [5.41, 5.74) is 0. The largest absolute Gasteiger partial charge is 0.394 e. The average molecular weight is 234 g/mol. The van der Waals surface area contributed by atoms with E-state index >= 15 is 0 Å². The highest BCUT2D eigenvalue weighted by Crippen LogP contribution is 2.29. The van der Waals surface area contributed by atoms with Gasteiger partial charge in [0.1, 0.15) is 6.10 Å². The van der Waals surface area contributed by atoms with Gasteiger partial charge in [-0.1, -0.05) is 6.92 Å². The van der Waals surface area contributed by atoms with Crippen LogP contribution in [0, 0.1) is 5.92 Å². The van der Waals surface area contributed by atoms with Crippen LogP contribution in [0.3, 0.4) is 0 Å². The molecular weight excluding hydrogens is 212 g/mol. The van der Waals surface area contributed by atoms with Crippen molar-refractivity contribution in [3.63, 3.8) is 0 Å². The van der Waals surface area contributed by atoms with Crippen molar-refractivity contribution >= 4 is 0 Å². The van der Waals surface area contributed by atoms with Gasteiger partial charge in [0, 0.05) is 19.6 Å². The van der Waals surface area contributed by atoms with E-state index in [1.807, 2.05) is 6.92 Å². The van der Waals surface area contributed by atoms with Gasteiger partial charge in [0.15, 0.2) is 0 Å². The van der Waals surface area contributed by atoms with Gasteiger partial charge in [-0.25, -0.2) is 0 Å². The van der Waals surface area contributed by atoms with Gasteiger partial charge in [0.2, 0.25) is 0 Å². The first-order chi connectivity index (χ1) is 7.65. The minimum atomic E-state index is -0.835. The van der Waals surface area contributed by atoms with Crippen molar-refractivity contribution in [1.29, 1.82) is 0 Å². The van der Waals surface area contributed by atoms with Crippen molar-refractivity contribution in [1.82, 2.24) is 0 Å². The van der Waals surface area contributed by atoms with E-state index in [9.17, 15) is 10.2 Å². The highest BCUT2D eigenvalue weighted by molar-refractivity contribution is 4.91. The minimum Gasteiger partial charge on any atom is -0.394 e. The van der Waals surface area contributed by atoms with E-state index in [0.29, 0.717) is 19.4 Å². The summed E-state index contributed by atoms with van der Waals surface area (Å²) < 4.78 is 10.4. The molecule has 0 aromatic carbocycles. The molecule has 5 heteroatoms. The van der Waals surface area contributed by atoms with Crippen LogP contribution in [0.5, 0.6) is 0 Å². The fourth-order valence-corrected chi connectivity index (χ4v) is 2.22. The lowest BCUT2D eigenvalue weighted by atomic mass is 9.83. The molecule has 1 saturated heterocycles. The number of ether oxygens (including phenoxy) is 2. The SMILES string of the molecule is CC[C@@H]1OC(CO)[C@@H](O)C(CCOC)C1O. The molecule has 1 aliphatic rings. The maximum Gasteiger partial charge on any atom is 0.107 e. The van der Waals surface area contributed by atoms with Gasteiger partial charge < -0.3 is 24.8 Å². The van der Waals surface area contributed by atoms with Crippen molar-refractivity contribution in [2.45, 2.75) is 44.2 Å². The fourth-order valence-electron chi connectivity index (χ4n) is 2.22. The number of methoxy groups -OCH3 is 1. The van der Waals surface area contributed by atoms with E-state index < -0.39 is 18.3 Å². The lowest BCUT2D eigenvalue weighted by Gasteiger charge is -2.42. The molecule has 5 nitrogen and oxygen atoms in total. The molecule has 3 N–H and O–H groups in total. The van der Waals surface area contributed by atoms with Crippen LogP contribution in [0.15, 0.2) is 0 Å². The molecule has 0 radical (unpaired) electrons. The molecule has 1 fully saturated rings. The Bertz CT molecular complexity index is 183. The van der Waals surface area contributed by atoms with Crippen LogP contribution in [0.25, 0.3) is 0 Å². The zero-order chi connectivity index (χ0) is 12.1. The van der Waals surface area contributed by atoms with Crippen LogP contribution in [0.1, 0.15) is 19.8 Å². The van der Waals surface area contributed by atoms with Gasteiger partial charge in [0.25, 0.3) is 0 Å². The summed E-state index contributed by atoms with van der Waals surface area (Å²) in [6.45, 7) is 2.16. The second-order valence-corrected chi connectivity index (χ2v) is 4.23. The Balaban J connectivity index is 2.67. The summed E-state index contributed by atoms with van der Waals surface area (Å²) in [5.74, 6) is -0.296. The summed E-state index contributed by atoms with van der Waals surface area (Å²) in [6, 6.07) is 0. The topological polar surface area (TPSA) is 79.2 Å². The van der Waals surface area contributed by atoms with Crippen LogP contribution >= 0.6 is 0 Å². The molecule has 0 bridgehead atoms.